The Kier molecular flexibility index (Phi) is 5.55. The van der Waals surface area contributed by atoms with E-state index in [0.717, 1.165) is 10.4 Å². The highest BCUT2D eigenvalue weighted by Crippen LogP contribution is 2.29. The SMILES string of the molecule is Cc1csc(CNC(C)C)c1S(=O)(=O)N(C)C(C)C. The van der Waals surface area contributed by atoms with Gasteiger partial charge in [-0.2, -0.15) is 4.31 Å². The van der Waals surface area contributed by atoms with Gasteiger partial charge in [-0.1, -0.05) is 13.8 Å². The van der Waals surface area contributed by atoms with E-state index in [1.807, 2.05) is 26.2 Å². The summed E-state index contributed by atoms with van der Waals surface area (Å²) in [6, 6.07) is 0.288. The van der Waals surface area contributed by atoms with Gasteiger partial charge in [0.15, 0.2) is 0 Å². The molecule has 1 aromatic rings. The van der Waals surface area contributed by atoms with Crippen LogP contribution in [0.25, 0.3) is 0 Å². The van der Waals surface area contributed by atoms with Crippen LogP contribution in [0.5, 0.6) is 0 Å². The van der Waals surface area contributed by atoms with Gasteiger partial charge in [0.25, 0.3) is 0 Å². The van der Waals surface area contributed by atoms with Crippen molar-refractivity contribution in [2.75, 3.05) is 7.05 Å². The molecule has 1 aromatic heterocycles. The molecule has 0 unspecified atom stereocenters. The number of thiophene rings is 1. The maximum Gasteiger partial charge on any atom is 0.244 e. The van der Waals surface area contributed by atoms with E-state index in [1.165, 1.54) is 15.6 Å². The molecule has 6 heteroatoms. The van der Waals surface area contributed by atoms with Crippen LogP contribution in [0.2, 0.25) is 0 Å². The highest BCUT2D eigenvalue weighted by molar-refractivity contribution is 7.89. The van der Waals surface area contributed by atoms with Crippen LogP contribution in [0.1, 0.15) is 38.1 Å². The normalized spacial score (nSPS) is 12.9. The van der Waals surface area contributed by atoms with Crippen LogP contribution in [0.3, 0.4) is 0 Å². The molecule has 0 aromatic carbocycles. The lowest BCUT2D eigenvalue weighted by atomic mass is 10.3. The lowest BCUT2D eigenvalue weighted by Crippen LogP contribution is -2.34. The quantitative estimate of drug-likeness (QED) is 0.879. The van der Waals surface area contributed by atoms with Crippen LogP contribution in [0.4, 0.5) is 0 Å². The average Bonchev–Trinajstić information content (AvgIpc) is 2.67. The van der Waals surface area contributed by atoms with Crippen molar-refractivity contribution in [2.24, 2.45) is 0 Å². The van der Waals surface area contributed by atoms with E-state index in [0.29, 0.717) is 17.5 Å². The lowest BCUT2D eigenvalue weighted by molar-refractivity contribution is 0.409. The Bertz CT molecular complexity index is 519. The third-order valence-electron chi connectivity index (χ3n) is 3.02. The fourth-order valence-corrected chi connectivity index (χ4v) is 4.75. The number of rotatable bonds is 6. The molecular weight excluding hydrogens is 280 g/mol. The minimum atomic E-state index is -3.40. The van der Waals surface area contributed by atoms with E-state index < -0.39 is 10.0 Å². The first kappa shape index (κ1) is 16.6. The van der Waals surface area contributed by atoms with Gasteiger partial charge in [-0.3, -0.25) is 0 Å². The number of hydrogen-bond donors (Lipinski definition) is 1. The molecule has 0 spiro atoms. The summed E-state index contributed by atoms with van der Waals surface area (Å²) in [5.41, 5.74) is 0.832. The molecule has 1 heterocycles. The predicted octanol–water partition coefficient (Wildman–Crippen LogP) is 2.58. The van der Waals surface area contributed by atoms with Gasteiger partial charge in [-0.15, -0.1) is 11.3 Å². The van der Waals surface area contributed by atoms with Crippen molar-refractivity contribution in [3.63, 3.8) is 0 Å². The van der Waals surface area contributed by atoms with Crippen LogP contribution < -0.4 is 5.32 Å². The van der Waals surface area contributed by atoms with Gasteiger partial charge >= 0.3 is 0 Å². The van der Waals surface area contributed by atoms with Crippen LogP contribution in [0, 0.1) is 6.92 Å². The van der Waals surface area contributed by atoms with Gasteiger partial charge in [0.05, 0.1) is 0 Å². The first-order chi connectivity index (χ1) is 8.67. The van der Waals surface area contributed by atoms with Gasteiger partial charge in [0, 0.05) is 30.6 Å². The minimum absolute atomic E-state index is 0.0461. The Morgan fingerprint density at radius 2 is 1.89 bits per heavy atom. The first-order valence-electron chi connectivity index (χ1n) is 6.46. The molecule has 0 saturated heterocycles. The van der Waals surface area contributed by atoms with E-state index in [2.05, 4.69) is 19.2 Å². The van der Waals surface area contributed by atoms with Crippen molar-refractivity contribution in [1.82, 2.24) is 9.62 Å². The van der Waals surface area contributed by atoms with Gasteiger partial charge in [-0.05, 0) is 31.7 Å². The van der Waals surface area contributed by atoms with Crippen molar-refractivity contribution < 1.29 is 8.42 Å². The summed E-state index contributed by atoms with van der Waals surface area (Å²) in [6.07, 6.45) is 0. The molecular formula is C13H24N2O2S2. The van der Waals surface area contributed by atoms with Crippen LogP contribution in [-0.4, -0.2) is 31.9 Å². The summed E-state index contributed by atoms with van der Waals surface area (Å²) >= 11 is 1.51. The van der Waals surface area contributed by atoms with E-state index in [1.54, 1.807) is 7.05 Å². The van der Waals surface area contributed by atoms with E-state index in [-0.39, 0.29) is 6.04 Å². The molecule has 0 aliphatic rings. The molecule has 0 bridgehead atoms. The van der Waals surface area contributed by atoms with E-state index in [9.17, 15) is 8.42 Å². The molecule has 0 saturated carbocycles. The largest absolute Gasteiger partial charge is 0.310 e. The monoisotopic (exact) mass is 304 g/mol. The highest BCUT2D eigenvalue weighted by atomic mass is 32.2. The summed E-state index contributed by atoms with van der Waals surface area (Å²) in [6.45, 7) is 10.3. The molecule has 110 valence electrons. The van der Waals surface area contributed by atoms with Gasteiger partial charge in [0.2, 0.25) is 10.0 Å². The van der Waals surface area contributed by atoms with Crippen molar-refractivity contribution in [3.05, 3.63) is 15.8 Å². The molecule has 19 heavy (non-hydrogen) atoms. The third kappa shape index (κ3) is 3.78. The van der Waals surface area contributed by atoms with Crippen LogP contribution in [-0.2, 0) is 16.6 Å². The molecule has 1 N–H and O–H groups in total. The van der Waals surface area contributed by atoms with Gasteiger partial charge < -0.3 is 5.32 Å². The number of nitrogens with zero attached hydrogens (tertiary/aromatic N) is 1. The summed E-state index contributed by atoms with van der Waals surface area (Å²) in [7, 11) is -1.76. The third-order valence-corrected chi connectivity index (χ3v) is 6.52. The maximum absolute atomic E-state index is 12.6. The second-order valence-corrected chi connectivity index (χ2v) is 8.22. The topological polar surface area (TPSA) is 49.4 Å². The molecule has 4 nitrogen and oxygen atoms in total. The Morgan fingerprint density at radius 1 is 1.32 bits per heavy atom. The number of nitrogens with one attached hydrogen (secondary N) is 1. The second kappa shape index (κ2) is 6.35. The standard InChI is InChI=1S/C13H24N2O2S2/c1-9(2)14-7-12-13(11(5)8-18-12)19(16,17)15(6)10(3)4/h8-10,14H,7H2,1-6H3. The van der Waals surface area contributed by atoms with Crippen molar-refractivity contribution in [2.45, 2.75) is 58.1 Å². The zero-order chi connectivity index (χ0) is 14.8. The number of aryl methyl sites for hydroxylation is 1. The molecule has 0 atom stereocenters. The molecule has 0 aliphatic carbocycles. The Labute approximate surface area is 120 Å². The Morgan fingerprint density at radius 3 is 2.37 bits per heavy atom. The average molecular weight is 304 g/mol. The predicted molar refractivity (Wildman–Crippen MR) is 81.1 cm³/mol. The number of hydrogen-bond acceptors (Lipinski definition) is 4. The van der Waals surface area contributed by atoms with Gasteiger partial charge in [0.1, 0.15) is 4.90 Å². The molecule has 0 amide bonds. The zero-order valence-corrected chi connectivity index (χ0v) is 14.2. The summed E-state index contributed by atoms with van der Waals surface area (Å²) < 4.78 is 26.7. The summed E-state index contributed by atoms with van der Waals surface area (Å²) in [5.74, 6) is 0. The molecule has 0 aliphatic heterocycles. The van der Waals surface area contributed by atoms with Crippen molar-refractivity contribution in [3.8, 4) is 0 Å². The smallest absolute Gasteiger partial charge is 0.244 e. The molecule has 0 fully saturated rings. The van der Waals surface area contributed by atoms with E-state index >= 15 is 0 Å². The Balaban J connectivity index is 3.15. The lowest BCUT2D eigenvalue weighted by Gasteiger charge is -2.22. The number of sulfonamides is 1. The van der Waals surface area contributed by atoms with E-state index in [4.69, 9.17) is 0 Å². The fraction of sp³-hybridized carbons (Fsp3) is 0.692. The fourth-order valence-electron chi connectivity index (χ4n) is 1.67. The first-order valence-corrected chi connectivity index (χ1v) is 8.78. The second-order valence-electron chi connectivity index (χ2n) is 5.32. The zero-order valence-electron chi connectivity index (χ0n) is 12.5. The molecule has 1 rings (SSSR count). The maximum atomic E-state index is 12.6. The van der Waals surface area contributed by atoms with Crippen molar-refractivity contribution in [1.29, 1.82) is 0 Å². The van der Waals surface area contributed by atoms with Crippen LogP contribution >= 0.6 is 11.3 Å². The minimum Gasteiger partial charge on any atom is -0.310 e. The van der Waals surface area contributed by atoms with Crippen molar-refractivity contribution >= 4 is 21.4 Å². The van der Waals surface area contributed by atoms with Gasteiger partial charge in [-0.25, -0.2) is 8.42 Å². The molecule has 0 radical (unpaired) electrons. The summed E-state index contributed by atoms with van der Waals surface area (Å²) in [5, 5.41) is 5.20. The highest BCUT2D eigenvalue weighted by Gasteiger charge is 2.28. The van der Waals surface area contributed by atoms with Crippen LogP contribution in [0.15, 0.2) is 10.3 Å². The summed E-state index contributed by atoms with van der Waals surface area (Å²) in [4.78, 5) is 1.36. The Hall–Kier alpha value is -0.430.